The molecular weight excluding hydrogens is 248 g/mol. The summed E-state index contributed by atoms with van der Waals surface area (Å²) in [5, 5.41) is 12.4. The zero-order valence-corrected chi connectivity index (χ0v) is 10.2. The van der Waals surface area contributed by atoms with Gasteiger partial charge in [-0.25, -0.2) is 4.98 Å². The summed E-state index contributed by atoms with van der Waals surface area (Å²) < 4.78 is 0. The van der Waals surface area contributed by atoms with Gasteiger partial charge in [-0.2, -0.15) is 0 Å². The molecule has 0 spiro atoms. The first-order valence-corrected chi connectivity index (χ1v) is 6.34. The number of carbonyl (C=O) groups is 1. The number of thiazole rings is 1. The number of aromatic amines is 1. The highest BCUT2D eigenvalue weighted by molar-refractivity contribution is 7.10. The Bertz CT molecular complexity index is 714. The summed E-state index contributed by atoms with van der Waals surface area (Å²) in [4.78, 5) is 18.2. The highest BCUT2D eigenvalue weighted by Crippen LogP contribution is 2.29. The molecule has 3 rings (SSSR count). The van der Waals surface area contributed by atoms with Gasteiger partial charge in [0.2, 0.25) is 0 Å². The average Bonchev–Trinajstić information content (AvgIpc) is 2.94. The first-order valence-electron chi connectivity index (χ1n) is 5.47. The monoisotopic (exact) mass is 258 g/mol. The largest absolute Gasteiger partial charge is 0.481 e. The molecule has 2 heterocycles. The van der Waals surface area contributed by atoms with Crippen molar-refractivity contribution < 1.29 is 9.90 Å². The smallest absolute Gasteiger partial charge is 0.310 e. The first-order chi connectivity index (χ1) is 8.74. The SMILES string of the molecule is O=C(O)Cc1nc(-c2c[nH]c3ccccc23)cs1. The number of nitrogens with one attached hydrogen (secondary N) is 1. The van der Waals surface area contributed by atoms with Gasteiger partial charge in [0.05, 0.1) is 12.1 Å². The Balaban J connectivity index is 2.04. The second kappa shape index (κ2) is 4.27. The van der Waals surface area contributed by atoms with Gasteiger partial charge >= 0.3 is 5.97 Å². The number of para-hydroxylation sites is 1. The van der Waals surface area contributed by atoms with Gasteiger partial charge < -0.3 is 10.1 Å². The molecule has 5 heteroatoms. The third kappa shape index (κ3) is 1.89. The van der Waals surface area contributed by atoms with Crippen LogP contribution in [0.1, 0.15) is 5.01 Å². The molecule has 0 fully saturated rings. The number of H-pyrrole nitrogens is 1. The Morgan fingerprint density at radius 3 is 3.06 bits per heavy atom. The second-order valence-corrected chi connectivity index (χ2v) is 4.89. The Hall–Kier alpha value is -2.14. The van der Waals surface area contributed by atoms with E-state index in [1.807, 2.05) is 35.8 Å². The highest BCUT2D eigenvalue weighted by Gasteiger charge is 2.11. The molecule has 4 nitrogen and oxygen atoms in total. The summed E-state index contributed by atoms with van der Waals surface area (Å²) >= 11 is 1.38. The Labute approximate surface area is 107 Å². The minimum absolute atomic E-state index is 0.0208. The van der Waals surface area contributed by atoms with Crippen LogP contribution in [-0.4, -0.2) is 21.0 Å². The Morgan fingerprint density at radius 2 is 2.22 bits per heavy atom. The minimum Gasteiger partial charge on any atom is -0.481 e. The molecule has 0 atom stereocenters. The molecule has 0 aliphatic rings. The van der Waals surface area contributed by atoms with Crippen molar-refractivity contribution in [3.05, 3.63) is 40.8 Å². The van der Waals surface area contributed by atoms with Crippen LogP contribution in [0.4, 0.5) is 0 Å². The molecule has 2 aromatic heterocycles. The number of aromatic nitrogens is 2. The van der Waals surface area contributed by atoms with E-state index in [0.29, 0.717) is 5.01 Å². The summed E-state index contributed by atoms with van der Waals surface area (Å²) in [6.07, 6.45) is 1.89. The number of hydrogen-bond acceptors (Lipinski definition) is 3. The number of fused-ring (bicyclic) bond motifs is 1. The molecule has 0 saturated heterocycles. The van der Waals surface area contributed by atoms with E-state index in [9.17, 15) is 4.79 Å². The number of rotatable bonds is 3. The third-order valence-electron chi connectivity index (χ3n) is 2.72. The fourth-order valence-corrected chi connectivity index (χ4v) is 2.71. The number of benzene rings is 1. The van der Waals surface area contributed by atoms with Gasteiger partial charge in [0.25, 0.3) is 0 Å². The van der Waals surface area contributed by atoms with Crippen molar-refractivity contribution in [3.63, 3.8) is 0 Å². The van der Waals surface area contributed by atoms with E-state index < -0.39 is 5.97 Å². The lowest BCUT2D eigenvalue weighted by Gasteiger charge is -1.93. The second-order valence-electron chi connectivity index (χ2n) is 3.94. The van der Waals surface area contributed by atoms with Crippen molar-refractivity contribution in [2.24, 2.45) is 0 Å². The van der Waals surface area contributed by atoms with Crippen molar-refractivity contribution in [2.45, 2.75) is 6.42 Å². The minimum atomic E-state index is -0.852. The first kappa shape index (κ1) is 11.0. The standard InChI is InChI=1S/C13H10N2O2S/c16-13(17)5-12-15-11(7-18-12)9-6-14-10-4-2-1-3-8(9)10/h1-4,6-7,14H,5H2,(H,16,17). The van der Waals surface area contributed by atoms with E-state index in [1.165, 1.54) is 11.3 Å². The van der Waals surface area contributed by atoms with Gasteiger partial charge in [-0.05, 0) is 6.07 Å². The fraction of sp³-hybridized carbons (Fsp3) is 0.0769. The van der Waals surface area contributed by atoms with Crippen LogP contribution in [0.25, 0.3) is 22.2 Å². The topological polar surface area (TPSA) is 66.0 Å². The summed E-state index contributed by atoms with van der Waals surface area (Å²) in [7, 11) is 0. The van der Waals surface area contributed by atoms with Gasteiger partial charge in [-0.3, -0.25) is 4.79 Å². The predicted molar refractivity (Wildman–Crippen MR) is 70.7 cm³/mol. The number of aliphatic carboxylic acids is 1. The lowest BCUT2D eigenvalue weighted by atomic mass is 10.1. The van der Waals surface area contributed by atoms with Crippen LogP contribution < -0.4 is 0 Å². The summed E-state index contributed by atoms with van der Waals surface area (Å²) in [6.45, 7) is 0. The molecule has 3 aromatic rings. The van der Waals surface area contributed by atoms with Gasteiger partial charge in [0.1, 0.15) is 5.01 Å². The quantitative estimate of drug-likeness (QED) is 0.759. The van der Waals surface area contributed by atoms with Gasteiger partial charge in [-0.1, -0.05) is 18.2 Å². The van der Waals surface area contributed by atoms with Crippen molar-refractivity contribution in [1.29, 1.82) is 0 Å². The summed E-state index contributed by atoms with van der Waals surface area (Å²) in [6, 6.07) is 7.98. The van der Waals surface area contributed by atoms with Crippen molar-refractivity contribution in [1.82, 2.24) is 9.97 Å². The molecule has 2 N–H and O–H groups in total. The lowest BCUT2D eigenvalue weighted by Crippen LogP contribution is -1.98. The van der Waals surface area contributed by atoms with Crippen LogP contribution in [0.2, 0.25) is 0 Å². The maximum absolute atomic E-state index is 10.6. The average molecular weight is 258 g/mol. The predicted octanol–water partition coefficient (Wildman–Crippen LogP) is 2.92. The van der Waals surface area contributed by atoms with Crippen molar-refractivity contribution in [3.8, 4) is 11.3 Å². The third-order valence-corrected chi connectivity index (χ3v) is 3.57. The van der Waals surface area contributed by atoms with Gasteiger partial charge in [0, 0.05) is 28.0 Å². The van der Waals surface area contributed by atoms with Crippen LogP contribution in [0.15, 0.2) is 35.8 Å². The Morgan fingerprint density at radius 1 is 1.39 bits per heavy atom. The molecule has 0 aliphatic carbocycles. The molecule has 1 aromatic carbocycles. The normalized spacial score (nSPS) is 10.9. The molecule has 0 unspecified atom stereocenters. The van der Waals surface area contributed by atoms with Crippen LogP contribution in [-0.2, 0) is 11.2 Å². The van der Waals surface area contributed by atoms with Crippen LogP contribution >= 0.6 is 11.3 Å². The lowest BCUT2D eigenvalue weighted by molar-refractivity contribution is -0.136. The Kier molecular flexibility index (Phi) is 2.60. The van der Waals surface area contributed by atoms with Gasteiger partial charge in [0.15, 0.2) is 0 Å². The molecule has 18 heavy (non-hydrogen) atoms. The molecule has 0 aliphatic heterocycles. The molecule has 0 bridgehead atoms. The maximum atomic E-state index is 10.6. The molecule has 0 saturated carbocycles. The van der Waals surface area contributed by atoms with E-state index >= 15 is 0 Å². The van der Waals surface area contributed by atoms with Crippen molar-refractivity contribution >= 4 is 28.2 Å². The molecule has 0 radical (unpaired) electrons. The van der Waals surface area contributed by atoms with Crippen LogP contribution in [0.3, 0.4) is 0 Å². The fourth-order valence-electron chi connectivity index (χ4n) is 1.93. The number of carboxylic acids is 1. The zero-order chi connectivity index (χ0) is 12.5. The van der Waals surface area contributed by atoms with E-state index in [1.54, 1.807) is 0 Å². The molecular formula is C13H10N2O2S. The summed E-state index contributed by atoms with van der Waals surface area (Å²) in [5.74, 6) is -0.852. The maximum Gasteiger partial charge on any atom is 0.310 e. The van der Waals surface area contributed by atoms with Crippen molar-refractivity contribution in [2.75, 3.05) is 0 Å². The number of hydrogen-bond donors (Lipinski definition) is 2. The van der Waals surface area contributed by atoms with Crippen LogP contribution in [0, 0.1) is 0 Å². The number of carboxylic acid groups (broad SMARTS) is 1. The van der Waals surface area contributed by atoms with E-state index in [2.05, 4.69) is 9.97 Å². The van der Waals surface area contributed by atoms with E-state index in [0.717, 1.165) is 22.2 Å². The van der Waals surface area contributed by atoms with E-state index in [-0.39, 0.29) is 6.42 Å². The van der Waals surface area contributed by atoms with Gasteiger partial charge in [-0.15, -0.1) is 11.3 Å². The summed E-state index contributed by atoms with van der Waals surface area (Å²) in [5.41, 5.74) is 2.90. The van der Waals surface area contributed by atoms with Crippen LogP contribution in [0.5, 0.6) is 0 Å². The molecule has 90 valence electrons. The highest BCUT2D eigenvalue weighted by atomic mass is 32.1. The number of nitrogens with zero attached hydrogens (tertiary/aromatic N) is 1. The van der Waals surface area contributed by atoms with E-state index in [4.69, 9.17) is 5.11 Å². The zero-order valence-electron chi connectivity index (χ0n) is 9.38. The molecule has 0 amide bonds.